The van der Waals surface area contributed by atoms with Gasteiger partial charge in [-0.15, -0.1) is 0 Å². The molecule has 2 N–H and O–H groups in total. The maximum absolute atomic E-state index is 12.9. The number of hydrogen-bond donors (Lipinski definition) is 2. The molecule has 0 saturated heterocycles. The first-order valence-electron chi connectivity index (χ1n) is 9.11. The van der Waals surface area contributed by atoms with Crippen LogP contribution in [0.2, 0.25) is 0 Å². The molecular formula is C21H15F5N2O4S. The molecule has 6 nitrogen and oxygen atoms in total. The molecule has 174 valence electrons. The van der Waals surface area contributed by atoms with Crippen LogP contribution in [0.3, 0.4) is 0 Å². The molecule has 0 radical (unpaired) electrons. The van der Waals surface area contributed by atoms with Crippen molar-refractivity contribution in [3.63, 3.8) is 0 Å². The van der Waals surface area contributed by atoms with Crippen molar-refractivity contribution in [1.29, 1.82) is 0 Å². The summed E-state index contributed by atoms with van der Waals surface area (Å²) in [6, 6.07) is 13.6. The van der Waals surface area contributed by atoms with Gasteiger partial charge in [0.15, 0.2) is 0 Å². The third-order valence-electron chi connectivity index (χ3n) is 4.18. The Kier molecular flexibility index (Phi) is 6.86. The van der Waals surface area contributed by atoms with Gasteiger partial charge in [0.2, 0.25) is 0 Å². The molecule has 0 aliphatic heterocycles. The van der Waals surface area contributed by atoms with Crippen LogP contribution < -0.4 is 14.8 Å². The maximum atomic E-state index is 12.9. The van der Waals surface area contributed by atoms with E-state index < -0.39 is 39.2 Å². The number of sulfonamides is 1. The predicted octanol–water partition coefficient (Wildman–Crippen LogP) is 5.36. The summed E-state index contributed by atoms with van der Waals surface area (Å²) in [7, 11) is -4.47. The van der Waals surface area contributed by atoms with E-state index in [2.05, 4.69) is 10.1 Å². The first-order chi connectivity index (χ1) is 15.5. The molecule has 3 aromatic carbocycles. The quantitative estimate of drug-likeness (QED) is 0.441. The van der Waals surface area contributed by atoms with Crippen molar-refractivity contribution in [2.45, 2.75) is 17.7 Å². The number of hydrogen-bond acceptors (Lipinski definition) is 4. The summed E-state index contributed by atoms with van der Waals surface area (Å²) >= 11 is 0. The van der Waals surface area contributed by atoms with Gasteiger partial charge in [-0.1, -0.05) is 24.3 Å². The number of amides is 1. The number of rotatable bonds is 7. The summed E-state index contributed by atoms with van der Waals surface area (Å²) < 4.78 is 95.5. The van der Waals surface area contributed by atoms with Crippen LogP contribution in [0.1, 0.15) is 15.9 Å². The molecule has 0 aliphatic rings. The SMILES string of the molecule is O=C(Nc1cccc(OC(F)F)c1)c1ccccc1S(=O)(=O)Nc1cccc(C(F)(F)F)c1. The fourth-order valence-corrected chi connectivity index (χ4v) is 4.06. The van der Waals surface area contributed by atoms with Crippen molar-refractivity contribution in [3.8, 4) is 5.75 Å². The van der Waals surface area contributed by atoms with E-state index in [1.165, 1.54) is 36.4 Å². The van der Waals surface area contributed by atoms with Gasteiger partial charge in [-0.2, -0.15) is 22.0 Å². The number of ether oxygens (including phenoxy) is 1. The summed E-state index contributed by atoms with van der Waals surface area (Å²) in [4.78, 5) is 12.2. The van der Waals surface area contributed by atoms with Gasteiger partial charge in [0.25, 0.3) is 15.9 Å². The molecule has 12 heteroatoms. The third-order valence-corrected chi connectivity index (χ3v) is 5.62. The molecule has 0 aromatic heterocycles. The Hall–Kier alpha value is -3.67. The minimum Gasteiger partial charge on any atom is -0.435 e. The molecular weight excluding hydrogens is 471 g/mol. The fraction of sp³-hybridized carbons (Fsp3) is 0.0952. The van der Waals surface area contributed by atoms with Gasteiger partial charge in [0.05, 0.1) is 11.1 Å². The summed E-state index contributed by atoms with van der Waals surface area (Å²) in [5, 5.41) is 2.37. The molecule has 0 atom stereocenters. The van der Waals surface area contributed by atoms with E-state index in [9.17, 15) is 35.2 Å². The first-order valence-corrected chi connectivity index (χ1v) is 10.6. The van der Waals surface area contributed by atoms with Crippen LogP contribution in [0.4, 0.5) is 33.3 Å². The lowest BCUT2D eigenvalue weighted by Gasteiger charge is -2.14. The summed E-state index contributed by atoms with van der Waals surface area (Å²) in [5.41, 5.74) is -1.68. The highest BCUT2D eigenvalue weighted by Gasteiger charge is 2.31. The largest absolute Gasteiger partial charge is 0.435 e. The van der Waals surface area contributed by atoms with Gasteiger partial charge in [0.1, 0.15) is 10.6 Å². The Labute approximate surface area is 185 Å². The Bertz CT molecular complexity index is 1260. The molecule has 0 aliphatic carbocycles. The van der Waals surface area contributed by atoms with Gasteiger partial charge in [-0.05, 0) is 42.5 Å². The van der Waals surface area contributed by atoms with Crippen LogP contribution in [-0.4, -0.2) is 20.9 Å². The normalized spacial score (nSPS) is 11.8. The van der Waals surface area contributed by atoms with E-state index in [1.54, 1.807) is 0 Å². The number of carbonyl (C=O) groups is 1. The van der Waals surface area contributed by atoms with E-state index in [4.69, 9.17) is 0 Å². The zero-order valence-corrected chi connectivity index (χ0v) is 17.3. The highest BCUT2D eigenvalue weighted by molar-refractivity contribution is 7.92. The van der Waals surface area contributed by atoms with Crippen molar-refractivity contribution >= 4 is 27.3 Å². The Morgan fingerprint density at radius 2 is 1.55 bits per heavy atom. The van der Waals surface area contributed by atoms with Crippen molar-refractivity contribution in [3.05, 3.63) is 83.9 Å². The van der Waals surface area contributed by atoms with Crippen LogP contribution in [0.25, 0.3) is 0 Å². The lowest BCUT2D eigenvalue weighted by Crippen LogP contribution is -2.20. The Morgan fingerprint density at radius 1 is 0.879 bits per heavy atom. The van der Waals surface area contributed by atoms with Crippen molar-refractivity contribution in [1.82, 2.24) is 0 Å². The minimum absolute atomic E-state index is 0.0520. The number of anilines is 2. The molecule has 0 unspecified atom stereocenters. The number of nitrogens with one attached hydrogen (secondary N) is 2. The van der Waals surface area contributed by atoms with Gasteiger partial charge in [0, 0.05) is 17.4 Å². The van der Waals surface area contributed by atoms with E-state index >= 15 is 0 Å². The molecule has 0 fully saturated rings. The van der Waals surface area contributed by atoms with Gasteiger partial charge in [-0.25, -0.2) is 8.42 Å². The highest BCUT2D eigenvalue weighted by atomic mass is 32.2. The third kappa shape index (κ3) is 6.19. The van der Waals surface area contributed by atoms with Crippen molar-refractivity contribution in [2.24, 2.45) is 0 Å². The average Bonchev–Trinajstić information content (AvgIpc) is 2.73. The second kappa shape index (κ2) is 9.45. The van der Waals surface area contributed by atoms with Gasteiger partial charge in [-0.3, -0.25) is 9.52 Å². The van der Waals surface area contributed by atoms with Gasteiger partial charge >= 0.3 is 12.8 Å². The summed E-state index contributed by atoms with van der Waals surface area (Å²) in [6.07, 6.45) is -4.68. The molecule has 3 rings (SSSR count). The maximum Gasteiger partial charge on any atom is 0.416 e. The molecule has 0 spiro atoms. The summed E-state index contributed by atoms with van der Waals surface area (Å²) in [5.74, 6) is -1.12. The molecule has 0 saturated carbocycles. The molecule has 0 bridgehead atoms. The minimum atomic E-state index is -4.68. The second-order valence-corrected chi connectivity index (χ2v) is 8.19. The van der Waals surface area contributed by atoms with Crippen LogP contribution in [-0.2, 0) is 16.2 Å². The van der Waals surface area contributed by atoms with Crippen LogP contribution in [0, 0.1) is 0 Å². The molecule has 33 heavy (non-hydrogen) atoms. The topological polar surface area (TPSA) is 84.5 Å². The average molecular weight is 486 g/mol. The Morgan fingerprint density at radius 3 is 2.24 bits per heavy atom. The van der Waals surface area contributed by atoms with Crippen molar-refractivity contribution in [2.75, 3.05) is 10.0 Å². The molecule has 3 aromatic rings. The molecule has 0 heterocycles. The number of halogens is 5. The number of benzene rings is 3. The van der Waals surface area contributed by atoms with E-state index in [0.717, 1.165) is 30.3 Å². The smallest absolute Gasteiger partial charge is 0.416 e. The van der Waals surface area contributed by atoms with Gasteiger partial charge < -0.3 is 10.1 Å². The zero-order chi connectivity index (χ0) is 24.2. The monoisotopic (exact) mass is 486 g/mol. The zero-order valence-electron chi connectivity index (χ0n) is 16.4. The van der Waals surface area contributed by atoms with E-state index in [-0.39, 0.29) is 22.7 Å². The fourth-order valence-electron chi connectivity index (χ4n) is 2.81. The van der Waals surface area contributed by atoms with E-state index in [1.807, 2.05) is 4.72 Å². The Balaban J connectivity index is 1.87. The predicted molar refractivity (Wildman–Crippen MR) is 110 cm³/mol. The standard InChI is InChI=1S/C21H15F5N2O4S/c22-20(23)32-16-8-4-6-14(12-16)27-19(29)17-9-1-2-10-18(17)33(30,31)28-15-7-3-5-13(11-15)21(24,25)26/h1-12,20,28H,(H,27,29). The second-order valence-electron chi connectivity index (χ2n) is 6.54. The van der Waals surface area contributed by atoms with Crippen molar-refractivity contribution < 1.29 is 39.9 Å². The number of carbonyl (C=O) groups excluding carboxylic acids is 1. The first kappa shape index (κ1) is 24.0. The van der Waals surface area contributed by atoms with Crippen LogP contribution in [0.15, 0.2) is 77.7 Å². The van der Waals surface area contributed by atoms with Crippen LogP contribution in [0.5, 0.6) is 5.75 Å². The lowest BCUT2D eigenvalue weighted by atomic mass is 10.2. The molecule has 1 amide bonds. The lowest BCUT2D eigenvalue weighted by molar-refractivity contribution is -0.137. The highest BCUT2D eigenvalue weighted by Crippen LogP contribution is 2.31. The summed E-state index contributed by atoms with van der Waals surface area (Å²) in [6.45, 7) is -3.08. The number of alkyl halides is 5. The van der Waals surface area contributed by atoms with Crippen LogP contribution >= 0.6 is 0 Å². The van der Waals surface area contributed by atoms with E-state index in [0.29, 0.717) is 6.07 Å².